The molecule has 0 fully saturated rings. The predicted molar refractivity (Wildman–Crippen MR) is 85.1 cm³/mol. The molecule has 21 heavy (non-hydrogen) atoms. The normalized spacial score (nSPS) is 9.71. The van der Waals surface area contributed by atoms with Crippen molar-refractivity contribution < 1.29 is 9.59 Å². The summed E-state index contributed by atoms with van der Waals surface area (Å²) in [6, 6.07) is 15.3. The number of primary amides is 1. The number of carbonyl (C=O) groups is 2. The fourth-order valence-corrected chi connectivity index (χ4v) is 1.93. The number of para-hydroxylation sites is 1. The first kappa shape index (κ1) is 14.7. The molecule has 5 nitrogen and oxygen atoms in total. The van der Waals surface area contributed by atoms with Crippen molar-refractivity contribution in [1.29, 1.82) is 0 Å². The van der Waals surface area contributed by atoms with Gasteiger partial charge in [-0.1, -0.05) is 30.3 Å². The Kier molecular flexibility index (Phi) is 4.63. The largest absolute Gasteiger partial charge is 0.366 e. The Bertz CT molecular complexity index is 686. The minimum absolute atomic E-state index is 0.0950. The zero-order valence-electron chi connectivity index (χ0n) is 11.0. The molecule has 2 aromatic rings. The third-order valence-corrected chi connectivity index (χ3v) is 2.91. The molecule has 2 rings (SSSR count). The minimum Gasteiger partial charge on any atom is -0.366 e. The van der Waals surface area contributed by atoms with Crippen LogP contribution in [0.4, 0.5) is 5.69 Å². The van der Waals surface area contributed by atoms with Crippen molar-refractivity contribution in [2.24, 2.45) is 5.73 Å². The standard InChI is InChI=1S/C15H13N3O2S/c16-13(19)11-8-4-5-9-12(11)17-15(21)18-14(20)10-6-2-1-3-7-10/h1-9H,(H2,16,19)(H2,17,18,20,21). The predicted octanol–water partition coefficient (Wildman–Crippen LogP) is 1.91. The summed E-state index contributed by atoms with van der Waals surface area (Å²) in [6.07, 6.45) is 0. The zero-order valence-corrected chi connectivity index (χ0v) is 11.8. The van der Waals surface area contributed by atoms with Crippen molar-refractivity contribution >= 4 is 34.8 Å². The highest BCUT2D eigenvalue weighted by atomic mass is 32.1. The van der Waals surface area contributed by atoms with Crippen LogP contribution in [0.15, 0.2) is 54.6 Å². The Hall–Kier alpha value is -2.73. The summed E-state index contributed by atoms with van der Waals surface area (Å²) in [6.45, 7) is 0. The molecule has 6 heteroatoms. The van der Waals surface area contributed by atoms with Gasteiger partial charge in [-0.25, -0.2) is 0 Å². The average Bonchev–Trinajstić information content (AvgIpc) is 2.48. The van der Waals surface area contributed by atoms with E-state index in [0.29, 0.717) is 16.8 Å². The monoisotopic (exact) mass is 299 g/mol. The summed E-state index contributed by atoms with van der Waals surface area (Å²) in [7, 11) is 0. The fourth-order valence-electron chi connectivity index (χ4n) is 1.73. The van der Waals surface area contributed by atoms with Crippen LogP contribution in [-0.4, -0.2) is 16.9 Å². The van der Waals surface area contributed by atoms with Crippen molar-refractivity contribution in [3.8, 4) is 0 Å². The molecule has 0 spiro atoms. The molecule has 0 radical (unpaired) electrons. The van der Waals surface area contributed by atoms with Crippen molar-refractivity contribution in [1.82, 2.24) is 5.32 Å². The Morgan fingerprint density at radius 2 is 1.57 bits per heavy atom. The van der Waals surface area contributed by atoms with Crippen LogP contribution >= 0.6 is 12.2 Å². The summed E-state index contributed by atoms with van der Waals surface area (Å²) in [5.41, 5.74) is 6.51. The van der Waals surface area contributed by atoms with E-state index >= 15 is 0 Å². The van der Waals surface area contributed by atoms with Gasteiger partial charge in [-0.2, -0.15) is 0 Å². The van der Waals surface area contributed by atoms with Crippen LogP contribution in [-0.2, 0) is 0 Å². The van der Waals surface area contributed by atoms with Gasteiger partial charge in [0.25, 0.3) is 11.8 Å². The molecule has 0 saturated heterocycles. The Morgan fingerprint density at radius 1 is 0.952 bits per heavy atom. The molecule has 0 aromatic heterocycles. The molecule has 0 atom stereocenters. The SMILES string of the molecule is NC(=O)c1ccccc1NC(=S)NC(=O)c1ccccc1. The van der Waals surface area contributed by atoms with E-state index in [0.717, 1.165) is 0 Å². The van der Waals surface area contributed by atoms with Gasteiger partial charge in [-0.15, -0.1) is 0 Å². The number of anilines is 1. The van der Waals surface area contributed by atoms with Crippen LogP contribution in [0.5, 0.6) is 0 Å². The molecule has 2 aromatic carbocycles. The first-order valence-corrected chi connectivity index (χ1v) is 6.55. The number of thiocarbonyl (C=S) groups is 1. The van der Waals surface area contributed by atoms with Gasteiger partial charge < -0.3 is 11.1 Å². The van der Waals surface area contributed by atoms with E-state index in [1.165, 1.54) is 0 Å². The lowest BCUT2D eigenvalue weighted by molar-refractivity contribution is 0.0975. The molecule has 2 amide bonds. The van der Waals surface area contributed by atoms with E-state index in [1.807, 2.05) is 6.07 Å². The van der Waals surface area contributed by atoms with Gasteiger partial charge in [0.2, 0.25) is 0 Å². The van der Waals surface area contributed by atoms with E-state index in [-0.39, 0.29) is 11.0 Å². The quantitative estimate of drug-likeness (QED) is 0.756. The molecule has 4 N–H and O–H groups in total. The average molecular weight is 299 g/mol. The van der Waals surface area contributed by atoms with Gasteiger partial charge in [0.1, 0.15) is 0 Å². The minimum atomic E-state index is -0.574. The first-order valence-electron chi connectivity index (χ1n) is 6.14. The highest BCUT2D eigenvalue weighted by molar-refractivity contribution is 7.80. The summed E-state index contributed by atoms with van der Waals surface area (Å²) in [5, 5.41) is 5.43. The number of nitrogens with two attached hydrogens (primary N) is 1. The third kappa shape index (κ3) is 3.87. The number of hydrogen-bond donors (Lipinski definition) is 3. The lowest BCUT2D eigenvalue weighted by Gasteiger charge is -2.11. The molecule has 0 bridgehead atoms. The smallest absolute Gasteiger partial charge is 0.257 e. The second kappa shape index (κ2) is 6.62. The van der Waals surface area contributed by atoms with E-state index in [2.05, 4.69) is 10.6 Å². The fraction of sp³-hybridized carbons (Fsp3) is 0. The van der Waals surface area contributed by atoms with E-state index in [9.17, 15) is 9.59 Å². The molecule has 0 aliphatic rings. The molecule has 106 valence electrons. The van der Waals surface area contributed by atoms with Crippen LogP contribution in [0.25, 0.3) is 0 Å². The number of benzene rings is 2. The molecule has 0 unspecified atom stereocenters. The number of nitrogens with one attached hydrogen (secondary N) is 2. The summed E-state index contributed by atoms with van der Waals surface area (Å²) >= 11 is 5.06. The Balaban J connectivity index is 2.06. The van der Waals surface area contributed by atoms with Gasteiger partial charge in [0.15, 0.2) is 5.11 Å². The lowest BCUT2D eigenvalue weighted by atomic mass is 10.1. The van der Waals surface area contributed by atoms with Gasteiger partial charge in [-0.05, 0) is 36.5 Å². The molecule has 0 saturated carbocycles. The highest BCUT2D eigenvalue weighted by Crippen LogP contribution is 2.14. The molecular weight excluding hydrogens is 286 g/mol. The van der Waals surface area contributed by atoms with Crippen molar-refractivity contribution in [3.63, 3.8) is 0 Å². The van der Waals surface area contributed by atoms with Crippen molar-refractivity contribution in [2.75, 3.05) is 5.32 Å². The maximum atomic E-state index is 11.9. The van der Waals surface area contributed by atoms with E-state index < -0.39 is 5.91 Å². The number of rotatable bonds is 3. The summed E-state index contributed by atoms with van der Waals surface area (Å²) in [5.74, 6) is -0.903. The van der Waals surface area contributed by atoms with Gasteiger partial charge in [0.05, 0.1) is 11.3 Å². The van der Waals surface area contributed by atoms with Crippen molar-refractivity contribution in [2.45, 2.75) is 0 Å². The van der Waals surface area contributed by atoms with E-state index in [4.69, 9.17) is 18.0 Å². The van der Waals surface area contributed by atoms with Crippen LogP contribution in [0.2, 0.25) is 0 Å². The first-order chi connectivity index (χ1) is 10.1. The zero-order chi connectivity index (χ0) is 15.2. The van der Waals surface area contributed by atoms with Gasteiger partial charge >= 0.3 is 0 Å². The second-order valence-corrected chi connectivity index (χ2v) is 4.59. The maximum absolute atomic E-state index is 11.9. The Morgan fingerprint density at radius 3 is 2.24 bits per heavy atom. The maximum Gasteiger partial charge on any atom is 0.257 e. The number of hydrogen-bond acceptors (Lipinski definition) is 3. The number of carbonyl (C=O) groups excluding carboxylic acids is 2. The van der Waals surface area contributed by atoms with Crippen LogP contribution < -0.4 is 16.4 Å². The Labute approximate surface area is 127 Å². The summed E-state index contributed by atoms with van der Waals surface area (Å²) in [4.78, 5) is 23.2. The third-order valence-electron chi connectivity index (χ3n) is 2.70. The molecule has 0 aliphatic carbocycles. The van der Waals surface area contributed by atoms with Gasteiger partial charge in [-0.3, -0.25) is 14.9 Å². The van der Waals surface area contributed by atoms with Crippen molar-refractivity contribution in [3.05, 3.63) is 65.7 Å². The van der Waals surface area contributed by atoms with E-state index in [1.54, 1.807) is 48.5 Å². The highest BCUT2D eigenvalue weighted by Gasteiger charge is 2.11. The topological polar surface area (TPSA) is 84.2 Å². The molecular formula is C15H13N3O2S. The van der Waals surface area contributed by atoms with Crippen LogP contribution in [0, 0.1) is 0 Å². The molecule has 0 heterocycles. The lowest BCUT2D eigenvalue weighted by Crippen LogP contribution is -2.34. The second-order valence-electron chi connectivity index (χ2n) is 4.18. The van der Waals surface area contributed by atoms with Gasteiger partial charge in [0, 0.05) is 5.56 Å². The summed E-state index contributed by atoms with van der Waals surface area (Å²) < 4.78 is 0. The van der Waals surface area contributed by atoms with Crippen LogP contribution in [0.1, 0.15) is 20.7 Å². The van der Waals surface area contributed by atoms with Crippen LogP contribution in [0.3, 0.4) is 0 Å². The molecule has 0 aliphatic heterocycles. The number of amides is 2.